The fourth-order valence-electron chi connectivity index (χ4n) is 2.70. The number of benzene rings is 2. The number of hydrogen-bond donors (Lipinski definition) is 0. The van der Waals surface area contributed by atoms with Gasteiger partial charge >= 0.3 is 0 Å². The Morgan fingerprint density at radius 1 is 1.12 bits per heavy atom. The van der Waals surface area contributed by atoms with E-state index in [2.05, 4.69) is 18.8 Å². The third-order valence-corrected chi connectivity index (χ3v) is 4.46. The molecule has 0 aliphatic rings. The largest absolute Gasteiger partial charge is 0.292 e. The van der Waals surface area contributed by atoms with Gasteiger partial charge in [-0.05, 0) is 30.0 Å². The molecule has 0 saturated heterocycles. The lowest BCUT2D eigenvalue weighted by atomic mass is 9.97. The first-order valence-corrected chi connectivity index (χ1v) is 8.17. The van der Waals surface area contributed by atoms with E-state index in [1.54, 1.807) is 18.2 Å². The third-order valence-electron chi connectivity index (χ3n) is 4.46. The molecule has 0 unspecified atom stereocenters. The van der Waals surface area contributed by atoms with E-state index < -0.39 is 0 Å². The molecule has 0 aliphatic heterocycles. The summed E-state index contributed by atoms with van der Waals surface area (Å²) in [6, 6.07) is 14.8. The minimum absolute atomic E-state index is 0.000649. The molecule has 24 heavy (non-hydrogen) atoms. The molecular weight excluding hydrogens is 300 g/mol. The maximum Gasteiger partial charge on any atom is 0.261 e. The molecule has 0 aliphatic carbocycles. The third kappa shape index (κ3) is 3.13. The van der Waals surface area contributed by atoms with E-state index in [1.807, 2.05) is 30.3 Å². The second-order valence-electron chi connectivity index (χ2n) is 6.05. The van der Waals surface area contributed by atoms with Crippen molar-refractivity contribution in [1.29, 1.82) is 0 Å². The molecule has 1 aromatic heterocycles. The number of rotatable bonds is 5. The van der Waals surface area contributed by atoms with Gasteiger partial charge in [-0.15, -0.1) is 0 Å². The van der Waals surface area contributed by atoms with Gasteiger partial charge in [0.1, 0.15) is 0 Å². The summed E-state index contributed by atoms with van der Waals surface area (Å²) in [5, 5.41) is 0.528. The van der Waals surface area contributed by atoms with E-state index in [0.29, 0.717) is 22.4 Å². The number of para-hydroxylation sites is 1. The number of hydrogen-bond acceptors (Lipinski definition) is 3. The van der Waals surface area contributed by atoms with Crippen LogP contribution in [0, 0.1) is 0 Å². The second-order valence-corrected chi connectivity index (χ2v) is 6.05. The molecule has 4 heteroatoms. The SMILES string of the molecule is CC[C@@H](C)c1ccc(C(=O)Cn2cnc3ccccc3c2=O)cc1. The average Bonchev–Trinajstić information content (AvgIpc) is 2.63. The van der Waals surface area contributed by atoms with Gasteiger partial charge in [0.25, 0.3) is 5.56 Å². The Kier molecular flexibility index (Phi) is 4.56. The number of carbonyl (C=O) groups is 1. The Bertz CT molecular complexity index is 926. The van der Waals surface area contributed by atoms with Crippen molar-refractivity contribution in [2.24, 2.45) is 0 Å². The van der Waals surface area contributed by atoms with Gasteiger partial charge in [-0.25, -0.2) is 4.98 Å². The molecule has 3 aromatic rings. The summed E-state index contributed by atoms with van der Waals surface area (Å²) in [6.45, 7) is 4.30. The molecule has 3 rings (SSSR count). The zero-order valence-electron chi connectivity index (χ0n) is 13.9. The summed E-state index contributed by atoms with van der Waals surface area (Å²) >= 11 is 0. The Morgan fingerprint density at radius 2 is 1.83 bits per heavy atom. The van der Waals surface area contributed by atoms with E-state index in [-0.39, 0.29) is 17.9 Å². The van der Waals surface area contributed by atoms with Crippen molar-refractivity contribution >= 4 is 16.7 Å². The molecule has 0 fully saturated rings. The Balaban J connectivity index is 1.85. The maximum atomic E-state index is 12.5. The van der Waals surface area contributed by atoms with Crippen LogP contribution < -0.4 is 5.56 Å². The smallest absolute Gasteiger partial charge is 0.261 e. The lowest BCUT2D eigenvalue weighted by Gasteiger charge is -2.10. The van der Waals surface area contributed by atoms with Crippen LogP contribution in [-0.4, -0.2) is 15.3 Å². The summed E-state index contributed by atoms with van der Waals surface area (Å²) < 4.78 is 1.37. The van der Waals surface area contributed by atoms with Crippen LogP contribution in [0.15, 0.2) is 59.7 Å². The molecule has 0 spiro atoms. The van der Waals surface area contributed by atoms with Gasteiger partial charge in [0.15, 0.2) is 5.78 Å². The zero-order valence-corrected chi connectivity index (χ0v) is 13.9. The van der Waals surface area contributed by atoms with Gasteiger partial charge in [-0.2, -0.15) is 0 Å². The monoisotopic (exact) mass is 320 g/mol. The quantitative estimate of drug-likeness (QED) is 0.672. The van der Waals surface area contributed by atoms with Gasteiger partial charge in [0.2, 0.25) is 0 Å². The van der Waals surface area contributed by atoms with Crippen LogP contribution in [0.5, 0.6) is 0 Å². The van der Waals surface area contributed by atoms with Gasteiger partial charge in [0, 0.05) is 5.56 Å². The Hall–Kier alpha value is -2.75. The maximum absolute atomic E-state index is 12.5. The van der Waals surface area contributed by atoms with E-state index >= 15 is 0 Å². The van der Waals surface area contributed by atoms with Crippen LogP contribution in [0.4, 0.5) is 0 Å². The topological polar surface area (TPSA) is 52.0 Å². The Morgan fingerprint density at radius 3 is 2.54 bits per heavy atom. The van der Waals surface area contributed by atoms with E-state index in [1.165, 1.54) is 16.5 Å². The van der Waals surface area contributed by atoms with E-state index in [9.17, 15) is 9.59 Å². The highest BCUT2D eigenvalue weighted by Gasteiger charge is 2.11. The second kappa shape index (κ2) is 6.79. The molecule has 0 saturated carbocycles. The Labute approximate surface area is 140 Å². The number of carbonyl (C=O) groups excluding carboxylic acids is 1. The number of Topliss-reactive ketones (excluding diaryl/α,β-unsaturated/α-hetero) is 1. The van der Waals surface area contributed by atoms with Crippen molar-refractivity contribution in [3.05, 3.63) is 76.3 Å². The fourth-order valence-corrected chi connectivity index (χ4v) is 2.70. The minimum Gasteiger partial charge on any atom is -0.292 e. The van der Waals surface area contributed by atoms with Crippen LogP contribution >= 0.6 is 0 Å². The van der Waals surface area contributed by atoms with Gasteiger partial charge in [-0.3, -0.25) is 14.2 Å². The van der Waals surface area contributed by atoms with Crippen LogP contribution in [0.1, 0.15) is 42.1 Å². The fraction of sp³-hybridized carbons (Fsp3) is 0.250. The van der Waals surface area contributed by atoms with E-state index in [0.717, 1.165) is 6.42 Å². The van der Waals surface area contributed by atoms with Crippen LogP contribution in [0.25, 0.3) is 10.9 Å². The molecule has 4 nitrogen and oxygen atoms in total. The summed E-state index contributed by atoms with van der Waals surface area (Å²) in [6.07, 6.45) is 2.50. The molecular formula is C20H20N2O2. The lowest BCUT2D eigenvalue weighted by molar-refractivity contribution is 0.0970. The van der Waals surface area contributed by atoms with Gasteiger partial charge < -0.3 is 0 Å². The van der Waals surface area contributed by atoms with Gasteiger partial charge in [-0.1, -0.05) is 50.2 Å². The summed E-state index contributed by atoms with van der Waals surface area (Å²) in [4.78, 5) is 29.2. The highest BCUT2D eigenvalue weighted by atomic mass is 16.1. The standard InChI is InChI=1S/C20H20N2O2/c1-3-14(2)15-8-10-16(11-9-15)19(23)12-22-13-21-18-7-5-4-6-17(18)20(22)24/h4-11,13-14H,3,12H2,1-2H3/t14-/m1/s1. The number of nitrogens with zero attached hydrogens (tertiary/aromatic N) is 2. The first-order chi connectivity index (χ1) is 11.6. The summed E-state index contributed by atoms with van der Waals surface area (Å²) in [5.41, 5.74) is 2.29. The van der Waals surface area contributed by atoms with Crippen LogP contribution in [-0.2, 0) is 6.54 Å². The zero-order chi connectivity index (χ0) is 17.1. The van der Waals surface area contributed by atoms with Crippen molar-refractivity contribution in [1.82, 2.24) is 9.55 Å². The molecule has 122 valence electrons. The van der Waals surface area contributed by atoms with Crippen molar-refractivity contribution < 1.29 is 4.79 Å². The van der Waals surface area contributed by atoms with Crippen LogP contribution in [0.2, 0.25) is 0 Å². The predicted octanol–water partition coefficient (Wildman–Crippen LogP) is 3.79. The van der Waals surface area contributed by atoms with Crippen molar-refractivity contribution in [2.75, 3.05) is 0 Å². The number of aromatic nitrogens is 2. The number of ketones is 1. The molecule has 1 atom stereocenters. The molecule has 0 bridgehead atoms. The normalized spacial score (nSPS) is 12.2. The van der Waals surface area contributed by atoms with Crippen LogP contribution in [0.3, 0.4) is 0 Å². The summed E-state index contributed by atoms with van der Waals surface area (Å²) in [7, 11) is 0. The molecule has 0 amide bonds. The highest BCUT2D eigenvalue weighted by molar-refractivity contribution is 5.96. The predicted molar refractivity (Wildman–Crippen MR) is 95.5 cm³/mol. The average molecular weight is 320 g/mol. The molecule has 2 aromatic carbocycles. The van der Waals surface area contributed by atoms with E-state index in [4.69, 9.17) is 0 Å². The first-order valence-electron chi connectivity index (χ1n) is 8.17. The molecule has 0 radical (unpaired) electrons. The number of fused-ring (bicyclic) bond motifs is 1. The molecule has 0 N–H and O–H groups in total. The first kappa shape index (κ1) is 16.1. The highest BCUT2D eigenvalue weighted by Crippen LogP contribution is 2.19. The van der Waals surface area contributed by atoms with Crippen molar-refractivity contribution in [3.8, 4) is 0 Å². The van der Waals surface area contributed by atoms with Crippen molar-refractivity contribution in [2.45, 2.75) is 32.7 Å². The molecule has 1 heterocycles. The lowest BCUT2D eigenvalue weighted by Crippen LogP contribution is -2.24. The minimum atomic E-state index is -0.190. The summed E-state index contributed by atoms with van der Waals surface area (Å²) in [5.74, 6) is 0.381. The van der Waals surface area contributed by atoms with Gasteiger partial charge in [0.05, 0.1) is 23.8 Å². The van der Waals surface area contributed by atoms with Crippen molar-refractivity contribution in [3.63, 3.8) is 0 Å².